The molecule has 0 radical (unpaired) electrons. The van der Waals surface area contributed by atoms with Gasteiger partial charge in [-0.05, 0) is 18.2 Å². The predicted octanol–water partition coefficient (Wildman–Crippen LogP) is 2.39. The summed E-state index contributed by atoms with van der Waals surface area (Å²) in [5.41, 5.74) is 1.32. The molecule has 0 saturated heterocycles. The third-order valence-electron chi connectivity index (χ3n) is 2.86. The first kappa shape index (κ1) is 11.2. The number of aromatic nitrogens is 1. The number of aliphatic hydroxyl groups is 1. The Bertz CT molecular complexity index is 616. The molecule has 1 aliphatic heterocycles. The first-order valence-electron chi connectivity index (χ1n) is 5.40. The van der Waals surface area contributed by atoms with Crippen molar-refractivity contribution >= 4 is 23.2 Å². The molecule has 90 valence electrons. The molecule has 1 N–H and O–H groups in total. The van der Waals surface area contributed by atoms with Gasteiger partial charge in [0, 0.05) is 17.4 Å². The van der Waals surface area contributed by atoms with Crippen LogP contribution in [0, 0.1) is 0 Å². The van der Waals surface area contributed by atoms with Gasteiger partial charge < -0.3 is 5.11 Å². The van der Waals surface area contributed by atoms with Crippen LogP contribution in [0.25, 0.3) is 0 Å². The molecular weight excluding hydrogens is 252 g/mol. The van der Waals surface area contributed by atoms with Crippen molar-refractivity contribution < 1.29 is 9.90 Å². The van der Waals surface area contributed by atoms with Gasteiger partial charge in [-0.3, -0.25) is 9.69 Å². The standard InChI is InChI=1S/C13H9ClN2O2/c14-8-6-10-11(15-7-8)13(18)16(12(10)17)9-4-2-1-3-5-9/h1-7,12,17H/t12-/m0/s1. The number of para-hydroxylation sites is 1. The van der Waals surface area contributed by atoms with Crippen molar-refractivity contribution in [2.75, 3.05) is 4.90 Å². The molecule has 0 saturated carbocycles. The average molecular weight is 261 g/mol. The maximum atomic E-state index is 12.2. The Kier molecular flexibility index (Phi) is 2.54. The highest BCUT2D eigenvalue weighted by Crippen LogP contribution is 2.35. The van der Waals surface area contributed by atoms with E-state index in [9.17, 15) is 9.90 Å². The third kappa shape index (κ3) is 1.58. The van der Waals surface area contributed by atoms with Gasteiger partial charge in [-0.25, -0.2) is 4.98 Å². The number of amides is 1. The summed E-state index contributed by atoms with van der Waals surface area (Å²) in [5, 5.41) is 10.6. The molecule has 0 aliphatic carbocycles. The Hall–Kier alpha value is -1.91. The number of rotatable bonds is 1. The Morgan fingerprint density at radius 2 is 2.00 bits per heavy atom. The van der Waals surface area contributed by atoms with Gasteiger partial charge in [-0.15, -0.1) is 0 Å². The van der Waals surface area contributed by atoms with E-state index in [2.05, 4.69) is 4.98 Å². The smallest absolute Gasteiger partial charge is 0.279 e. The zero-order valence-electron chi connectivity index (χ0n) is 9.25. The van der Waals surface area contributed by atoms with E-state index >= 15 is 0 Å². The fourth-order valence-electron chi connectivity index (χ4n) is 2.04. The monoisotopic (exact) mass is 260 g/mol. The normalized spacial score (nSPS) is 18.0. The minimum atomic E-state index is -1.04. The van der Waals surface area contributed by atoms with E-state index in [0.29, 0.717) is 16.3 Å². The van der Waals surface area contributed by atoms with E-state index in [4.69, 9.17) is 11.6 Å². The molecule has 1 aromatic carbocycles. The summed E-state index contributed by atoms with van der Waals surface area (Å²) in [6.45, 7) is 0. The second kappa shape index (κ2) is 4.08. The number of nitrogens with zero attached hydrogens (tertiary/aromatic N) is 2. The Balaban J connectivity index is 2.10. The SMILES string of the molecule is O=C1c2ncc(Cl)cc2[C@H](O)N1c1ccccc1. The van der Waals surface area contributed by atoms with Crippen molar-refractivity contribution in [3.8, 4) is 0 Å². The molecule has 2 aromatic rings. The summed E-state index contributed by atoms with van der Waals surface area (Å²) >= 11 is 5.83. The molecule has 0 spiro atoms. The fraction of sp³-hybridized carbons (Fsp3) is 0.0769. The molecule has 4 nitrogen and oxygen atoms in total. The van der Waals surface area contributed by atoms with E-state index in [-0.39, 0.29) is 11.6 Å². The topological polar surface area (TPSA) is 53.4 Å². The Morgan fingerprint density at radius 3 is 2.72 bits per heavy atom. The minimum Gasteiger partial charge on any atom is -0.369 e. The number of fused-ring (bicyclic) bond motifs is 1. The number of hydrogen-bond acceptors (Lipinski definition) is 3. The average Bonchev–Trinajstić information content (AvgIpc) is 2.63. The van der Waals surface area contributed by atoms with Gasteiger partial charge in [-0.2, -0.15) is 0 Å². The molecule has 0 bridgehead atoms. The van der Waals surface area contributed by atoms with Gasteiger partial charge in [0.05, 0.1) is 5.02 Å². The van der Waals surface area contributed by atoms with Crippen molar-refractivity contribution in [2.24, 2.45) is 0 Å². The van der Waals surface area contributed by atoms with Crippen LogP contribution >= 0.6 is 11.6 Å². The Morgan fingerprint density at radius 1 is 1.28 bits per heavy atom. The van der Waals surface area contributed by atoms with E-state index in [0.717, 1.165) is 0 Å². The number of hydrogen-bond donors (Lipinski definition) is 1. The predicted molar refractivity (Wildman–Crippen MR) is 67.5 cm³/mol. The third-order valence-corrected chi connectivity index (χ3v) is 3.07. The lowest BCUT2D eigenvalue weighted by Gasteiger charge is -2.20. The molecule has 0 unspecified atom stereocenters. The highest BCUT2D eigenvalue weighted by molar-refractivity contribution is 6.30. The van der Waals surface area contributed by atoms with Crippen molar-refractivity contribution in [1.82, 2.24) is 4.98 Å². The zero-order chi connectivity index (χ0) is 12.7. The lowest BCUT2D eigenvalue weighted by molar-refractivity contribution is 0.0932. The Labute approximate surface area is 108 Å². The van der Waals surface area contributed by atoms with E-state index in [1.165, 1.54) is 11.1 Å². The van der Waals surface area contributed by atoms with Crippen LogP contribution in [0.5, 0.6) is 0 Å². The van der Waals surface area contributed by atoms with Crippen molar-refractivity contribution in [3.63, 3.8) is 0 Å². The van der Waals surface area contributed by atoms with Gasteiger partial charge >= 0.3 is 0 Å². The summed E-state index contributed by atoms with van der Waals surface area (Å²) in [6.07, 6.45) is 0.362. The van der Waals surface area contributed by atoms with Crippen LogP contribution in [0.3, 0.4) is 0 Å². The quantitative estimate of drug-likeness (QED) is 0.857. The number of carbonyl (C=O) groups excluding carboxylic acids is 1. The highest BCUT2D eigenvalue weighted by atomic mass is 35.5. The van der Waals surface area contributed by atoms with Gasteiger partial charge in [0.2, 0.25) is 0 Å². The fourth-order valence-corrected chi connectivity index (χ4v) is 2.21. The van der Waals surface area contributed by atoms with Gasteiger partial charge in [0.15, 0.2) is 6.23 Å². The molecule has 2 heterocycles. The van der Waals surface area contributed by atoms with Crippen LogP contribution in [0.15, 0.2) is 42.6 Å². The number of pyridine rings is 1. The molecule has 1 aromatic heterocycles. The number of halogens is 1. The summed E-state index contributed by atoms with van der Waals surface area (Å²) in [4.78, 5) is 17.5. The minimum absolute atomic E-state index is 0.246. The van der Waals surface area contributed by atoms with Crippen molar-refractivity contribution in [1.29, 1.82) is 0 Å². The lowest BCUT2D eigenvalue weighted by Crippen LogP contribution is -2.27. The van der Waals surface area contributed by atoms with Crippen LogP contribution in [-0.2, 0) is 0 Å². The largest absolute Gasteiger partial charge is 0.369 e. The number of aliphatic hydroxyl groups excluding tert-OH is 1. The summed E-state index contributed by atoms with van der Waals surface area (Å²) in [5.74, 6) is -0.319. The van der Waals surface area contributed by atoms with Crippen LogP contribution < -0.4 is 4.90 Å². The second-order valence-corrected chi connectivity index (χ2v) is 4.41. The van der Waals surface area contributed by atoms with E-state index in [1.54, 1.807) is 30.3 Å². The molecule has 18 heavy (non-hydrogen) atoms. The van der Waals surface area contributed by atoms with Crippen LogP contribution in [-0.4, -0.2) is 16.0 Å². The summed E-state index contributed by atoms with van der Waals surface area (Å²) < 4.78 is 0. The van der Waals surface area contributed by atoms with E-state index in [1.807, 2.05) is 6.07 Å². The molecule has 1 atom stereocenters. The molecule has 5 heteroatoms. The maximum Gasteiger partial charge on any atom is 0.279 e. The molecule has 0 fully saturated rings. The lowest BCUT2D eigenvalue weighted by atomic mass is 10.2. The molecular formula is C13H9ClN2O2. The summed E-state index contributed by atoms with van der Waals surface area (Å²) in [6, 6.07) is 10.5. The van der Waals surface area contributed by atoms with Crippen LogP contribution in [0.2, 0.25) is 5.02 Å². The van der Waals surface area contributed by atoms with Crippen LogP contribution in [0.4, 0.5) is 5.69 Å². The first-order valence-corrected chi connectivity index (χ1v) is 5.78. The maximum absolute atomic E-state index is 12.2. The van der Waals surface area contributed by atoms with Crippen molar-refractivity contribution in [3.05, 3.63) is 58.9 Å². The van der Waals surface area contributed by atoms with Gasteiger partial charge in [0.1, 0.15) is 5.69 Å². The number of benzene rings is 1. The van der Waals surface area contributed by atoms with Gasteiger partial charge in [-0.1, -0.05) is 29.8 Å². The van der Waals surface area contributed by atoms with Crippen molar-refractivity contribution in [2.45, 2.75) is 6.23 Å². The van der Waals surface area contributed by atoms with Crippen LogP contribution in [0.1, 0.15) is 22.3 Å². The second-order valence-electron chi connectivity index (χ2n) is 3.98. The first-order chi connectivity index (χ1) is 8.68. The summed E-state index contributed by atoms with van der Waals surface area (Å²) in [7, 11) is 0. The molecule has 1 amide bonds. The number of anilines is 1. The molecule has 3 rings (SSSR count). The van der Waals surface area contributed by atoms with E-state index < -0.39 is 6.23 Å². The molecule has 1 aliphatic rings. The van der Waals surface area contributed by atoms with Gasteiger partial charge in [0.25, 0.3) is 5.91 Å². The highest BCUT2D eigenvalue weighted by Gasteiger charge is 2.37. The number of carbonyl (C=O) groups is 1. The zero-order valence-corrected chi connectivity index (χ0v) is 10.0.